The average molecular weight is 541 g/mol. The Kier molecular flexibility index (Phi) is 10.1. The summed E-state index contributed by atoms with van der Waals surface area (Å²) >= 11 is 0. The van der Waals surface area contributed by atoms with Gasteiger partial charge in [0.15, 0.2) is 18.3 Å². The van der Waals surface area contributed by atoms with Crippen LogP contribution in [0.15, 0.2) is 42.5 Å². The maximum atomic E-state index is 13.6. The van der Waals surface area contributed by atoms with Gasteiger partial charge >= 0.3 is 5.97 Å². The lowest BCUT2D eigenvalue weighted by molar-refractivity contribution is -0.144. The molecule has 0 radical (unpaired) electrons. The van der Waals surface area contributed by atoms with Gasteiger partial charge in [-0.3, -0.25) is 14.5 Å². The Morgan fingerprint density at radius 3 is 2.31 bits per heavy atom. The van der Waals surface area contributed by atoms with Crippen LogP contribution >= 0.6 is 0 Å². The van der Waals surface area contributed by atoms with E-state index in [2.05, 4.69) is 13.8 Å². The molecule has 1 fully saturated rings. The van der Waals surface area contributed by atoms with Gasteiger partial charge in [-0.2, -0.15) is 0 Å². The summed E-state index contributed by atoms with van der Waals surface area (Å²) in [6, 6.07) is 12.5. The van der Waals surface area contributed by atoms with Gasteiger partial charge in [0, 0.05) is 38.7 Å². The first-order valence-corrected chi connectivity index (χ1v) is 13.8. The van der Waals surface area contributed by atoms with Gasteiger partial charge in [-0.25, -0.2) is 0 Å². The Labute approximate surface area is 230 Å². The van der Waals surface area contributed by atoms with Crippen LogP contribution in [0.5, 0.6) is 17.2 Å². The van der Waals surface area contributed by atoms with Crippen LogP contribution in [0.3, 0.4) is 0 Å². The zero-order valence-electron chi connectivity index (χ0n) is 23.1. The molecule has 0 aliphatic carbocycles. The third kappa shape index (κ3) is 6.83. The lowest BCUT2D eigenvalue weighted by Gasteiger charge is -2.30. The van der Waals surface area contributed by atoms with E-state index in [1.54, 1.807) is 7.11 Å². The second-order valence-corrected chi connectivity index (χ2v) is 10.2. The summed E-state index contributed by atoms with van der Waals surface area (Å²) < 4.78 is 21.6. The van der Waals surface area contributed by atoms with Crippen molar-refractivity contribution in [3.63, 3.8) is 0 Å². The second kappa shape index (κ2) is 13.7. The van der Waals surface area contributed by atoms with Crippen molar-refractivity contribution in [3.8, 4) is 17.2 Å². The molecule has 0 bridgehead atoms. The molecule has 0 spiro atoms. The van der Waals surface area contributed by atoms with E-state index in [1.165, 1.54) is 0 Å². The lowest BCUT2D eigenvalue weighted by Crippen LogP contribution is -2.42. The Morgan fingerprint density at radius 1 is 1.00 bits per heavy atom. The van der Waals surface area contributed by atoms with Gasteiger partial charge in [0.1, 0.15) is 5.75 Å². The lowest BCUT2D eigenvalue weighted by atomic mass is 9.82. The minimum Gasteiger partial charge on any atom is -0.481 e. The van der Waals surface area contributed by atoms with Gasteiger partial charge in [-0.1, -0.05) is 44.9 Å². The number of amides is 1. The maximum absolute atomic E-state index is 13.6. The molecule has 2 heterocycles. The summed E-state index contributed by atoms with van der Waals surface area (Å²) in [5, 5.41) is 10.5. The standard InChI is InChI=1S/C30H40N2O7/c1-4-6-14-31(15-7-5-2)27(33)18-32-17-24(22-10-13-25-26(16-22)39-20-38-25)28(30(34)35)29(32)21-8-11-23(12-9-21)37-19-36-3/h8-13,16,24,28-29H,4-7,14-15,17-20H2,1-3H3,(H,34,35)/t24-,28+,29-/m1/s1. The topological polar surface area (TPSA) is 97.8 Å². The Hall–Kier alpha value is -3.30. The number of nitrogens with zero attached hydrogens (tertiary/aromatic N) is 2. The summed E-state index contributed by atoms with van der Waals surface area (Å²) in [5.41, 5.74) is 1.69. The molecule has 2 aromatic carbocycles. The predicted molar refractivity (Wildman–Crippen MR) is 146 cm³/mol. The minimum atomic E-state index is -0.897. The molecule has 2 aliphatic rings. The van der Waals surface area contributed by atoms with Crippen molar-refractivity contribution < 1.29 is 33.6 Å². The second-order valence-electron chi connectivity index (χ2n) is 10.2. The van der Waals surface area contributed by atoms with Crippen LogP contribution < -0.4 is 14.2 Å². The molecule has 2 aliphatic heterocycles. The Morgan fingerprint density at radius 2 is 1.67 bits per heavy atom. The number of aliphatic carboxylic acids is 1. The van der Waals surface area contributed by atoms with Crippen molar-refractivity contribution in [2.45, 2.75) is 51.5 Å². The number of carboxylic acid groups (broad SMARTS) is 1. The van der Waals surface area contributed by atoms with Gasteiger partial charge in [0.05, 0.1) is 12.5 Å². The van der Waals surface area contributed by atoms with Crippen molar-refractivity contribution >= 4 is 11.9 Å². The number of likely N-dealkylation sites (tertiary alicyclic amines) is 1. The molecule has 4 rings (SSSR count). The molecule has 1 amide bonds. The van der Waals surface area contributed by atoms with Crippen LogP contribution in [0.25, 0.3) is 0 Å². The predicted octanol–water partition coefficient (Wildman–Crippen LogP) is 4.67. The smallest absolute Gasteiger partial charge is 0.309 e. The van der Waals surface area contributed by atoms with Crippen LogP contribution in [0.2, 0.25) is 0 Å². The number of unbranched alkanes of at least 4 members (excludes halogenated alkanes) is 2. The van der Waals surface area contributed by atoms with Crippen LogP contribution in [0.1, 0.15) is 62.6 Å². The summed E-state index contributed by atoms with van der Waals surface area (Å²) in [4.78, 5) is 30.4. The number of rotatable bonds is 14. The number of carbonyl (C=O) groups is 2. The zero-order chi connectivity index (χ0) is 27.8. The largest absolute Gasteiger partial charge is 0.481 e. The van der Waals surface area contributed by atoms with Crippen molar-refractivity contribution in [2.24, 2.45) is 5.92 Å². The normalized spacial score (nSPS) is 20.2. The highest BCUT2D eigenvalue weighted by molar-refractivity contribution is 5.79. The van der Waals surface area contributed by atoms with E-state index >= 15 is 0 Å². The number of carbonyl (C=O) groups excluding carboxylic acids is 1. The zero-order valence-corrected chi connectivity index (χ0v) is 23.1. The number of fused-ring (bicyclic) bond motifs is 1. The van der Waals surface area contributed by atoms with Crippen molar-refractivity contribution in [2.75, 3.05) is 46.9 Å². The van der Waals surface area contributed by atoms with E-state index in [-0.39, 0.29) is 32.0 Å². The van der Waals surface area contributed by atoms with Crippen molar-refractivity contribution in [1.82, 2.24) is 9.80 Å². The molecule has 9 nitrogen and oxygen atoms in total. The Balaban J connectivity index is 1.66. The summed E-state index contributed by atoms with van der Waals surface area (Å²) in [7, 11) is 1.56. The van der Waals surface area contributed by atoms with Crippen LogP contribution in [0, 0.1) is 5.92 Å². The molecule has 2 aromatic rings. The number of methoxy groups -OCH3 is 1. The van der Waals surface area contributed by atoms with E-state index in [0.29, 0.717) is 36.9 Å². The number of hydrogen-bond donors (Lipinski definition) is 1. The highest BCUT2D eigenvalue weighted by atomic mass is 16.7. The third-order valence-electron chi connectivity index (χ3n) is 7.53. The van der Waals surface area contributed by atoms with E-state index in [1.807, 2.05) is 52.3 Å². The number of carboxylic acids is 1. The minimum absolute atomic E-state index is 0.0393. The number of ether oxygens (including phenoxy) is 4. The first-order chi connectivity index (χ1) is 19.0. The molecule has 1 saturated heterocycles. The monoisotopic (exact) mass is 540 g/mol. The quantitative estimate of drug-likeness (QED) is 0.346. The number of hydrogen-bond acceptors (Lipinski definition) is 7. The highest BCUT2D eigenvalue weighted by Crippen LogP contribution is 2.47. The molecule has 0 unspecified atom stereocenters. The summed E-state index contributed by atoms with van der Waals surface area (Å²) in [5.74, 6) is -0.0501. The highest BCUT2D eigenvalue weighted by Gasteiger charge is 2.48. The third-order valence-corrected chi connectivity index (χ3v) is 7.53. The van der Waals surface area contributed by atoms with Gasteiger partial charge in [0.2, 0.25) is 12.7 Å². The van der Waals surface area contributed by atoms with E-state index in [4.69, 9.17) is 18.9 Å². The molecule has 9 heteroatoms. The van der Waals surface area contributed by atoms with Crippen LogP contribution in [0.4, 0.5) is 0 Å². The summed E-state index contributed by atoms with van der Waals surface area (Å²) in [6.07, 6.45) is 3.90. The molecular weight excluding hydrogens is 500 g/mol. The SMILES string of the molecule is CCCCN(CCCC)C(=O)CN1C[C@H](c2ccc3c(c2)OCO3)[C@H](C(=O)O)[C@H]1c1ccc(OCOC)cc1. The van der Waals surface area contributed by atoms with Gasteiger partial charge < -0.3 is 29.0 Å². The number of benzene rings is 2. The fraction of sp³-hybridized carbons (Fsp3) is 0.533. The maximum Gasteiger partial charge on any atom is 0.309 e. The van der Waals surface area contributed by atoms with E-state index in [0.717, 1.165) is 36.8 Å². The van der Waals surface area contributed by atoms with E-state index < -0.39 is 17.9 Å². The van der Waals surface area contributed by atoms with Gasteiger partial charge in [0.25, 0.3) is 0 Å². The van der Waals surface area contributed by atoms with Gasteiger partial charge in [-0.05, 0) is 48.2 Å². The first kappa shape index (κ1) is 28.7. The molecule has 39 heavy (non-hydrogen) atoms. The molecule has 1 N–H and O–H groups in total. The molecular formula is C30H40N2O7. The summed E-state index contributed by atoms with van der Waals surface area (Å²) in [6.45, 7) is 6.53. The first-order valence-electron chi connectivity index (χ1n) is 13.8. The van der Waals surface area contributed by atoms with Gasteiger partial charge in [-0.15, -0.1) is 0 Å². The fourth-order valence-corrected chi connectivity index (χ4v) is 5.49. The van der Waals surface area contributed by atoms with Crippen molar-refractivity contribution in [1.29, 1.82) is 0 Å². The molecule has 212 valence electrons. The molecule has 0 saturated carbocycles. The van der Waals surface area contributed by atoms with E-state index in [9.17, 15) is 14.7 Å². The van der Waals surface area contributed by atoms with Crippen molar-refractivity contribution in [3.05, 3.63) is 53.6 Å². The average Bonchev–Trinajstić information content (AvgIpc) is 3.56. The van der Waals surface area contributed by atoms with Crippen LogP contribution in [-0.4, -0.2) is 73.7 Å². The fourth-order valence-electron chi connectivity index (χ4n) is 5.49. The Bertz CT molecular complexity index is 1100. The molecule has 3 atom stereocenters. The van der Waals surface area contributed by atoms with Crippen LogP contribution in [-0.2, 0) is 14.3 Å². The molecule has 0 aromatic heterocycles.